The van der Waals surface area contributed by atoms with E-state index in [1.54, 1.807) is 19.1 Å². The Kier molecular flexibility index (Phi) is 5.13. The molecule has 0 fully saturated rings. The predicted octanol–water partition coefficient (Wildman–Crippen LogP) is 1.33. The Labute approximate surface area is 109 Å². The number of nitrogens with zero attached hydrogens (tertiary/aromatic N) is 1. The van der Waals surface area contributed by atoms with Crippen LogP contribution in [0.5, 0.6) is 0 Å². The monoisotopic (exact) mass is 271 g/mol. The van der Waals surface area contributed by atoms with Gasteiger partial charge in [-0.25, -0.2) is 4.72 Å². The summed E-state index contributed by atoms with van der Waals surface area (Å²) in [5, 5.41) is 0. The van der Waals surface area contributed by atoms with Crippen molar-refractivity contribution >= 4 is 15.9 Å². The van der Waals surface area contributed by atoms with Crippen LogP contribution in [0.2, 0.25) is 0 Å². The zero-order valence-electron chi connectivity index (χ0n) is 11.1. The van der Waals surface area contributed by atoms with Crippen molar-refractivity contribution < 1.29 is 8.42 Å². The molecular weight excluding hydrogens is 250 g/mol. The Hall–Kier alpha value is -1.11. The summed E-state index contributed by atoms with van der Waals surface area (Å²) in [4.78, 5) is 0. The summed E-state index contributed by atoms with van der Waals surface area (Å²) in [5.74, 6) is 0. The second-order valence-corrected chi connectivity index (χ2v) is 6.09. The van der Waals surface area contributed by atoms with Gasteiger partial charge in [0.05, 0.1) is 0 Å². The van der Waals surface area contributed by atoms with Crippen molar-refractivity contribution in [3.63, 3.8) is 0 Å². The molecule has 3 N–H and O–H groups in total. The Morgan fingerprint density at radius 2 is 1.83 bits per heavy atom. The lowest BCUT2D eigenvalue weighted by Gasteiger charge is -2.25. The van der Waals surface area contributed by atoms with Crippen LogP contribution in [0, 0.1) is 0 Å². The van der Waals surface area contributed by atoms with E-state index in [0.29, 0.717) is 18.8 Å². The molecule has 0 aromatic heterocycles. The van der Waals surface area contributed by atoms with Crippen molar-refractivity contribution in [2.24, 2.45) is 0 Å². The van der Waals surface area contributed by atoms with Gasteiger partial charge in [0.15, 0.2) is 0 Å². The normalized spacial score (nSPS) is 12.3. The molecule has 0 bridgehead atoms. The summed E-state index contributed by atoms with van der Waals surface area (Å²) >= 11 is 0. The van der Waals surface area contributed by atoms with Gasteiger partial charge in [0, 0.05) is 24.8 Å². The Morgan fingerprint density at radius 1 is 1.28 bits per heavy atom. The predicted molar refractivity (Wildman–Crippen MR) is 74.1 cm³/mol. The van der Waals surface area contributed by atoms with E-state index in [1.165, 1.54) is 4.31 Å². The Bertz CT molecular complexity index is 469. The van der Waals surface area contributed by atoms with Gasteiger partial charge in [-0.15, -0.1) is 0 Å². The van der Waals surface area contributed by atoms with Crippen LogP contribution in [0.25, 0.3) is 0 Å². The fourth-order valence-corrected chi connectivity index (χ4v) is 3.02. The maximum atomic E-state index is 12.0. The lowest BCUT2D eigenvalue weighted by molar-refractivity contribution is 0.343. The van der Waals surface area contributed by atoms with E-state index in [4.69, 9.17) is 5.73 Å². The molecule has 0 saturated heterocycles. The minimum Gasteiger partial charge on any atom is -0.399 e. The van der Waals surface area contributed by atoms with Gasteiger partial charge < -0.3 is 5.73 Å². The van der Waals surface area contributed by atoms with Crippen LogP contribution < -0.4 is 10.5 Å². The van der Waals surface area contributed by atoms with Crippen LogP contribution in [-0.4, -0.2) is 25.3 Å². The maximum absolute atomic E-state index is 12.0. The molecule has 0 aliphatic rings. The van der Waals surface area contributed by atoms with Crippen LogP contribution in [0.4, 0.5) is 5.69 Å². The van der Waals surface area contributed by atoms with Gasteiger partial charge >= 0.3 is 0 Å². The van der Waals surface area contributed by atoms with Crippen molar-refractivity contribution in [3.8, 4) is 0 Å². The SMILES string of the molecule is CCNS(=O)(=O)N(Cc1ccc(N)cc1)C(C)C. The largest absolute Gasteiger partial charge is 0.399 e. The molecular formula is C12H21N3O2S. The van der Waals surface area contributed by atoms with E-state index in [1.807, 2.05) is 26.0 Å². The van der Waals surface area contributed by atoms with Crippen LogP contribution in [0.1, 0.15) is 26.3 Å². The number of nitrogens with one attached hydrogen (secondary N) is 1. The third kappa shape index (κ3) is 3.97. The lowest BCUT2D eigenvalue weighted by atomic mass is 10.2. The zero-order valence-corrected chi connectivity index (χ0v) is 11.9. The summed E-state index contributed by atoms with van der Waals surface area (Å²) < 4.78 is 28.0. The van der Waals surface area contributed by atoms with Crippen molar-refractivity contribution in [1.29, 1.82) is 0 Å². The molecule has 102 valence electrons. The molecule has 0 saturated carbocycles. The van der Waals surface area contributed by atoms with Gasteiger partial charge in [0.2, 0.25) is 0 Å². The van der Waals surface area contributed by atoms with Crippen LogP contribution in [0.15, 0.2) is 24.3 Å². The van der Waals surface area contributed by atoms with E-state index in [9.17, 15) is 8.42 Å². The zero-order chi connectivity index (χ0) is 13.8. The first kappa shape index (κ1) is 14.9. The number of nitrogens with two attached hydrogens (primary N) is 1. The molecule has 0 unspecified atom stereocenters. The molecule has 0 atom stereocenters. The van der Waals surface area contributed by atoms with Gasteiger partial charge in [-0.2, -0.15) is 12.7 Å². The molecule has 0 spiro atoms. The highest BCUT2D eigenvalue weighted by molar-refractivity contribution is 7.87. The molecule has 1 aromatic carbocycles. The van der Waals surface area contributed by atoms with E-state index in [2.05, 4.69) is 4.72 Å². The fraction of sp³-hybridized carbons (Fsp3) is 0.500. The molecule has 0 aliphatic carbocycles. The molecule has 5 nitrogen and oxygen atoms in total. The summed E-state index contributed by atoms with van der Waals surface area (Å²) in [5.41, 5.74) is 7.19. The number of nitrogen functional groups attached to an aromatic ring is 1. The van der Waals surface area contributed by atoms with Crippen molar-refractivity contribution in [2.75, 3.05) is 12.3 Å². The standard InChI is InChI=1S/C12H21N3O2S/c1-4-14-18(16,17)15(10(2)3)9-11-5-7-12(13)8-6-11/h5-8,10,14H,4,9,13H2,1-3H3. The molecule has 1 rings (SSSR count). The van der Waals surface area contributed by atoms with Gasteiger partial charge in [0.25, 0.3) is 10.2 Å². The molecule has 0 amide bonds. The highest BCUT2D eigenvalue weighted by Crippen LogP contribution is 2.13. The summed E-state index contributed by atoms with van der Waals surface area (Å²) in [6.45, 7) is 6.19. The summed E-state index contributed by atoms with van der Waals surface area (Å²) in [6.07, 6.45) is 0. The quantitative estimate of drug-likeness (QED) is 0.767. The smallest absolute Gasteiger partial charge is 0.279 e. The minimum absolute atomic E-state index is 0.105. The van der Waals surface area contributed by atoms with Gasteiger partial charge in [-0.05, 0) is 31.5 Å². The van der Waals surface area contributed by atoms with Crippen LogP contribution in [-0.2, 0) is 16.8 Å². The second kappa shape index (κ2) is 6.17. The van der Waals surface area contributed by atoms with Crippen molar-refractivity contribution in [1.82, 2.24) is 9.03 Å². The van der Waals surface area contributed by atoms with E-state index < -0.39 is 10.2 Å². The first-order valence-electron chi connectivity index (χ1n) is 5.97. The third-order valence-corrected chi connectivity index (χ3v) is 4.35. The molecule has 0 aliphatic heterocycles. The molecule has 0 radical (unpaired) electrons. The van der Waals surface area contributed by atoms with Crippen LogP contribution >= 0.6 is 0 Å². The highest BCUT2D eigenvalue weighted by Gasteiger charge is 2.23. The maximum Gasteiger partial charge on any atom is 0.279 e. The third-order valence-electron chi connectivity index (χ3n) is 2.53. The van der Waals surface area contributed by atoms with E-state index >= 15 is 0 Å². The van der Waals surface area contributed by atoms with Crippen LogP contribution in [0.3, 0.4) is 0 Å². The fourth-order valence-electron chi connectivity index (χ4n) is 1.61. The average molecular weight is 271 g/mol. The van der Waals surface area contributed by atoms with E-state index in [0.717, 1.165) is 5.56 Å². The second-order valence-electron chi connectivity index (χ2n) is 4.38. The molecule has 1 aromatic rings. The average Bonchev–Trinajstić information content (AvgIpc) is 2.27. The van der Waals surface area contributed by atoms with Crippen molar-refractivity contribution in [3.05, 3.63) is 29.8 Å². The molecule has 0 heterocycles. The van der Waals surface area contributed by atoms with Gasteiger partial charge in [-0.3, -0.25) is 0 Å². The summed E-state index contributed by atoms with van der Waals surface area (Å²) in [6, 6.07) is 7.12. The van der Waals surface area contributed by atoms with Crippen molar-refractivity contribution in [2.45, 2.75) is 33.4 Å². The minimum atomic E-state index is -3.43. The van der Waals surface area contributed by atoms with Gasteiger partial charge in [-0.1, -0.05) is 19.1 Å². The molecule has 6 heteroatoms. The number of hydrogen-bond donors (Lipinski definition) is 2. The van der Waals surface area contributed by atoms with Gasteiger partial charge in [0.1, 0.15) is 0 Å². The Morgan fingerprint density at radius 3 is 2.28 bits per heavy atom. The molecule has 18 heavy (non-hydrogen) atoms. The number of rotatable bonds is 6. The highest BCUT2D eigenvalue weighted by atomic mass is 32.2. The topological polar surface area (TPSA) is 75.4 Å². The number of hydrogen-bond acceptors (Lipinski definition) is 3. The first-order chi connectivity index (χ1) is 8.36. The summed E-state index contributed by atoms with van der Waals surface area (Å²) in [7, 11) is -3.43. The van der Waals surface area contributed by atoms with E-state index in [-0.39, 0.29) is 6.04 Å². The number of anilines is 1. The lowest BCUT2D eigenvalue weighted by Crippen LogP contribution is -2.43. The number of benzene rings is 1. The Balaban J connectivity index is 2.91. The first-order valence-corrected chi connectivity index (χ1v) is 7.41.